The first-order valence-electron chi connectivity index (χ1n) is 9.92. The van der Waals surface area contributed by atoms with Crippen LogP contribution >= 0.6 is 0 Å². The fourth-order valence-electron chi connectivity index (χ4n) is 3.78. The molecule has 1 saturated heterocycles. The van der Waals surface area contributed by atoms with E-state index in [0.29, 0.717) is 25.2 Å². The van der Waals surface area contributed by atoms with E-state index in [1.807, 2.05) is 4.90 Å². The van der Waals surface area contributed by atoms with Crippen LogP contribution in [0.1, 0.15) is 27.3 Å². The van der Waals surface area contributed by atoms with Crippen LogP contribution in [0, 0.1) is 0 Å². The molecule has 2 aliphatic heterocycles. The molecule has 0 radical (unpaired) electrons. The molecule has 4 heterocycles. The van der Waals surface area contributed by atoms with Crippen molar-refractivity contribution in [1.82, 2.24) is 15.3 Å². The minimum atomic E-state index is -4.56. The summed E-state index contributed by atoms with van der Waals surface area (Å²) in [6, 6.07) is 4.80. The van der Waals surface area contributed by atoms with Gasteiger partial charge in [0.2, 0.25) is 0 Å². The summed E-state index contributed by atoms with van der Waals surface area (Å²) in [6.45, 7) is -0.304. The molecule has 0 aliphatic carbocycles. The number of aromatic nitrogens is 2. The Morgan fingerprint density at radius 1 is 1.24 bits per heavy atom. The number of rotatable bonds is 4. The van der Waals surface area contributed by atoms with Crippen LogP contribution in [0.5, 0.6) is 0 Å². The number of nitrogens with zero attached hydrogens (tertiary/aromatic N) is 4. The van der Waals surface area contributed by atoms with Crippen molar-refractivity contribution in [2.75, 3.05) is 41.9 Å². The van der Waals surface area contributed by atoms with Crippen molar-refractivity contribution in [2.45, 2.75) is 18.6 Å². The van der Waals surface area contributed by atoms with Crippen molar-refractivity contribution in [3.63, 3.8) is 0 Å². The zero-order chi connectivity index (χ0) is 23.8. The lowest BCUT2D eigenvalue weighted by Gasteiger charge is -2.35. The van der Waals surface area contributed by atoms with Gasteiger partial charge in [-0.2, -0.15) is 13.2 Å². The van der Waals surface area contributed by atoms with Crippen molar-refractivity contribution >= 4 is 35.2 Å². The summed E-state index contributed by atoms with van der Waals surface area (Å²) in [5.41, 5.74) is 0.530. The molecule has 2 aliphatic rings. The van der Waals surface area contributed by atoms with E-state index >= 15 is 0 Å². The molecule has 2 N–H and O–H groups in total. The Labute approximate surface area is 185 Å². The molecule has 0 saturated carbocycles. The van der Waals surface area contributed by atoms with Crippen LogP contribution in [0.2, 0.25) is 0 Å². The van der Waals surface area contributed by atoms with Gasteiger partial charge in [-0.1, -0.05) is 0 Å². The van der Waals surface area contributed by atoms with E-state index in [1.165, 1.54) is 36.4 Å². The minimum Gasteiger partial charge on any atom is -0.465 e. The number of pyridine rings is 2. The predicted octanol–water partition coefficient (Wildman–Crippen LogP) is 2.19. The SMILES string of the molecule is COC(=O)c1ccnc(NC(=O)N2c3nc(C(=O)NCC(F)(F)F)ccc3N3CCC2C3)c1. The molecule has 1 unspecified atom stereocenters. The molecule has 174 valence electrons. The molecule has 2 aromatic heterocycles. The van der Waals surface area contributed by atoms with Gasteiger partial charge < -0.3 is 15.0 Å². The van der Waals surface area contributed by atoms with Crippen molar-refractivity contribution in [1.29, 1.82) is 0 Å². The van der Waals surface area contributed by atoms with Gasteiger partial charge in [-0.3, -0.25) is 15.0 Å². The van der Waals surface area contributed by atoms with Gasteiger partial charge in [0.15, 0.2) is 5.82 Å². The van der Waals surface area contributed by atoms with Crippen LogP contribution < -0.4 is 20.4 Å². The average molecular weight is 464 g/mol. The molecule has 10 nitrogen and oxygen atoms in total. The summed E-state index contributed by atoms with van der Waals surface area (Å²) in [6.07, 6.45) is -2.59. The first-order valence-corrected chi connectivity index (χ1v) is 9.92. The highest BCUT2D eigenvalue weighted by molar-refractivity contribution is 6.05. The molecule has 3 amide bonds. The Balaban J connectivity index is 1.60. The Bertz CT molecular complexity index is 1110. The van der Waals surface area contributed by atoms with Crippen LogP contribution in [-0.2, 0) is 4.74 Å². The number of hydrogen-bond acceptors (Lipinski definition) is 7. The smallest absolute Gasteiger partial charge is 0.405 e. The molecule has 4 rings (SSSR count). The molecule has 0 spiro atoms. The quantitative estimate of drug-likeness (QED) is 0.667. The molecule has 2 bridgehead atoms. The summed E-state index contributed by atoms with van der Waals surface area (Å²) < 4.78 is 42.0. The number of hydrogen-bond donors (Lipinski definition) is 2. The molecule has 0 aromatic carbocycles. The van der Waals surface area contributed by atoms with E-state index in [1.54, 1.807) is 11.4 Å². The molecule has 33 heavy (non-hydrogen) atoms. The van der Waals surface area contributed by atoms with Crippen LogP contribution in [0.3, 0.4) is 0 Å². The number of esters is 1. The zero-order valence-electron chi connectivity index (χ0n) is 17.3. The third-order valence-electron chi connectivity index (χ3n) is 5.27. The van der Waals surface area contributed by atoms with Gasteiger partial charge in [0.1, 0.15) is 18.1 Å². The van der Waals surface area contributed by atoms with Crippen molar-refractivity contribution in [2.24, 2.45) is 0 Å². The summed E-state index contributed by atoms with van der Waals surface area (Å²) >= 11 is 0. The highest BCUT2D eigenvalue weighted by Gasteiger charge is 2.40. The van der Waals surface area contributed by atoms with Gasteiger partial charge in [-0.15, -0.1) is 0 Å². The van der Waals surface area contributed by atoms with E-state index in [-0.39, 0.29) is 28.9 Å². The van der Waals surface area contributed by atoms with Gasteiger partial charge in [-0.25, -0.2) is 19.6 Å². The number of fused-ring (bicyclic) bond motifs is 4. The van der Waals surface area contributed by atoms with Crippen molar-refractivity contribution < 1.29 is 32.3 Å². The number of anilines is 3. The second kappa shape index (κ2) is 8.56. The number of ether oxygens (including phenoxy) is 1. The number of methoxy groups -OCH3 is 1. The molecule has 1 atom stereocenters. The van der Waals surface area contributed by atoms with Gasteiger partial charge in [-0.05, 0) is 30.7 Å². The number of urea groups is 1. The first-order chi connectivity index (χ1) is 15.7. The fourth-order valence-corrected chi connectivity index (χ4v) is 3.78. The second-order valence-corrected chi connectivity index (χ2v) is 7.45. The van der Waals surface area contributed by atoms with E-state index in [4.69, 9.17) is 0 Å². The van der Waals surface area contributed by atoms with Crippen LogP contribution in [-0.4, -0.2) is 66.8 Å². The lowest BCUT2D eigenvalue weighted by Crippen LogP contribution is -2.48. The Hall–Kier alpha value is -3.90. The number of alkyl halides is 3. The summed E-state index contributed by atoms with van der Waals surface area (Å²) in [4.78, 5) is 48.7. The van der Waals surface area contributed by atoms with E-state index in [2.05, 4.69) is 20.0 Å². The fraction of sp³-hybridized carbons (Fsp3) is 0.350. The summed E-state index contributed by atoms with van der Waals surface area (Å²) in [7, 11) is 1.23. The number of nitrogens with one attached hydrogen (secondary N) is 2. The maximum absolute atomic E-state index is 13.2. The maximum atomic E-state index is 13.2. The predicted molar refractivity (Wildman–Crippen MR) is 110 cm³/mol. The minimum absolute atomic E-state index is 0.101. The van der Waals surface area contributed by atoms with Crippen molar-refractivity contribution in [3.05, 3.63) is 41.7 Å². The normalized spacial score (nSPS) is 16.8. The van der Waals surface area contributed by atoms with Crippen molar-refractivity contribution in [3.8, 4) is 0 Å². The zero-order valence-corrected chi connectivity index (χ0v) is 17.3. The number of halogens is 3. The van der Waals surface area contributed by atoms with Crippen LogP contribution in [0.15, 0.2) is 30.5 Å². The molecule has 1 fully saturated rings. The second-order valence-electron chi connectivity index (χ2n) is 7.45. The van der Waals surface area contributed by atoms with E-state index in [0.717, 1.165) is 0 Å². The topological polar surface area (TPSA) is 117 Å². The standard InChI is InChI=1S/C20H19F3N6O4/c1-33-18(31)11-4-6-24-15(8-11)27-19(32)29-12-5-7-28(9-12)14-3-2-13(26-16(14)29)17(30)25-10-20(21,22)23/h2-4,6,8,12H,5,7,9-10H2,1H3,(H,25,30)(H,24,27,32). The number of amides is 3. The molecule has 2 aromatic rings. The van der Waals surface area contributed by atoms with Crippen LogP contribution in [0.4, 0.5) is 35.3 Å². The third kappa shape index (κ3) is 4.66. The average Bonchev–Trinajstić information content (AvgIpc) is 3.20. The van der Waals surface area contributed by atoms with Gasteiger partial charge in [0, 0.05) is 19.3 Å². The first kappa shape index (κ1) is 22.3. The largest absolute Gasteiger partial charge is 0.465 e. The van der Waals surface area contributed by atoms with Gasteiger partial charge in [0.25, 0.3) is 5.91 Å². The van der Waals surface area contributed by atoms with Crippen LogP contribution in [0.25, 0.3) is 0 Å². The highest BCUT2D eigenvalue weighted by atomic mass is 19.4. The highest BCUT2D eigenvalue weighted by Crippen LogP contribution is 2.39. The van der Waals surface area contributed by atoms with Gasteiger partial charge in [0.05, 0.1) is 24.4 Å². The lowest BCUT2D eigenvalue weighted by molar-refractivity contribution is -0.123. The number of carbonyl (C=O) groups is 3. The molecular weight excluding hydrogens is 445 g/mol. The lowest BCUT2D eigenvalue weighted by atomic mass is 10.1. The number of carbonyl (C=O) groups excluding carboxylic acids is 3. The summed E-state index contributed by atoms with van der Waals surface area (Å²) in [5, 5.41) is 4.39. The Morgan fingerprint density at radius 3 is 2.76 bits per heavy atom. The molecule has 13 heteroatoms. The molecular formula is C20H19F3N6O4. The maximum Gasteiger partial charge on any atom is 0.405 e. The van der Waals surface area contributed by atoms with E-state index in [9.17, 15) is 27.6 Å². The summed E-state index contributed by atoms with van der Waals surface area (Å²) in [5.74, 6) is -1.34. The third-order valence-corrected chi connectivity index (χ3v) is 5.27. The van der Waals surface area contributed by atoms with E-state index < -0.39 is 30.6 Å². The Morgan fingerprint density at radius 2 is 2.03 bits per heavy atom. The monoisotopic (exact) mass is 464 g/mol. The Kier molecular flexibility index (Phi) is 5.78. The van der Waals surface area contributed by atoms with Gasteiger partial charge >= 0.3 is 18.2 Å².